The number of hydrogen-bond donors (Lipinski definition) is 0. The first-order valence-electron chi connectivity index (χ1n) is 11.8. The fourth-order valence-corrected chi connectivity index (χ4v) is 5.24. The average molecular weight is 427 g/mol. The van der Waals surface area contributed by atoms with Crippen LogP contribution in [0.3, 0.4) is 0 Å². The normalized spacial score (nSPS) is 28.1. The average Bonchev–Trinajstić information content (AvgIpc) is 3.09. The Morgan fingerprint density at radius 2 is 1.87 bits per heavy atom. The largest absolute Gasteiger partial charge is 0.444 e. The van der Waals surface area contributed by atoms with E-state index >= 15 is 0 Å². The van der Waals surface area contributed by atoms with Gasteiger partial charge in [0, 0.05) is 31.2 Å². The van der Waals surface area contributed by atoms with E-state index in [1.165, 1.54) is 0 Å². The van der Waals surface area contributed by atoms with E-state index < -0.39 is 5.60 Å². The van der Waals surface area contributed by atoms with Crippen LogP contribution in [0.2, 0.25) is 0 Å². The highest BCUT2D eigenvalue weighted by molar-refractivity contribution is 5.79. The van der Waals surface area contributed by atoms with E-state index in [1.54, 1.807) is 0 Å². The number of carbonyl (C=O) groups excluding carboxylic acids is 1. The van der Waals surface area contributed by atoms with Crippen molar-refractivity contribution in [1.29, 1.82) is 0 Å². The van der Waals surface area contributed by atoms with Gasteiger partial charge < -0.3 is 14.5 Å². The quantitative estimate of drug-likeness (QED) is 0.657. The van der Waals surface area contributed by atoms with Crippen molar-refractivity contribution in [3.8, 4) is 0 Å². The molecule has 170 valence electrons. The molecule has 2 fully saturated rings. The summed E-state index contributed by atoms with van der Waals surface area (Å²) in [7, 11) is 2.19. The summed E-state index contributed by atoms with van der Waals surface area (Å²) < 4.78 is 7.89. The molecule has 6 heteroatoms. The van der Waals surface area contributed by atoms with Gasteiger partial charge in [0.25, 0.3) is 0 Å². The summed E-state index contributed by atoms with van der Waals surface area (Å²) in [5.74, 6) is 1.16. The van der Waals surface area contributed by atoms with Gasteiger partial charge in [0.1, 0.15) is 5.60 Å². The summed E-state index contributed by atoms with van der Waals surface area (Å²) in [4.78, 5) is 17.3. The molecule has 2 saturated heterocycles. The van der Waals surface area contributed by atoms with Crippen LogP contribution in [0.5, 0.6) is 0 Å². The van der Waals surface area contributed by atoms with Crippen LogP contribution in [0.15, 0.2) is 24.4 Å². The molecule has 4 atom stereocenters. The standard InChI is InChI=1S/C25H38N4O2/c1-17-7-10-23(28(14-17)24(30)31-25(3,4)5)19-8-9-20-15-29(26-22(20)12-19)21-11-18(2)13-27(6)16-21/h8-9,12,15,17-18,21,23H,7,10-11,13-14,16H2,1-6H3/t17-,18-,21-,23+/m0/s1. The Bertz CT molecular complexity index is 921. The second-order valence-corrected chi connectivity index (χ2v) is 11.0. The van der Waals surface area contributed by atoms with Gasteiger partial charge in [0.15, 0.2) is 0 Å². The minimum atomic E-state index is -0.491. The number of nitrogens with zero attached hydrogens (tertiary/aromatic N) is 4. The molecule has 31 heavy (non-hydrogen) atoms. The summed E-state index contributed by atoms with van der Waals surface area (Å²) in [6.07, 6.45) is 5.21. The summed E-state index contributed by atoms with van der Waals surface area (Å²) in [5.41, 5.74) is 1.68. The molecule has 0 unspecified atom stereocenters. The molecular weight excluding hydrogens is 388 g/mol. The van der Waals surface area contributed by atoms with Crippen LogP contribution in [-0.2, 0) is 4.74 Å². The number of benzene rings is 1. The molecule has 2 aliphatic rings. The van der Waals surface area contributed by atoms with Crippen LogP contribution in [0.1, 0.15) is 71.5 Å². The number of ether oxygens (including phenoxy) is 1. The topological polar surface area (TPSA) is 50.6 Å². The number of likely N-dealkylation sites (N-methyl/N-ethyl adjacent to an activating group) is 1. The van der Waals surface area contributed by atoms with Gasteiger partial charge >= 0.3 is 6.09 Å². The predicted octanol–water partition coefficient (Wildman–Crippen LogP) is 5.26. The number of carbonyl (C=O) groups is 1. The number of hydrogen-bond acceptors (Lipinski definition) is 4. The fraction of sp³-hybridized carbons (Fsp3) is 0.680. The molecular formula is C25H38N4O2. The lowest BCUT2D eigenvalue weighted by molar-refractivity contribution is 0.00365. The summed E-state index contributed by atoms with van der Waals surface area (Å²) >= 11 is 0. The maximum atomic E-state index is 13.0. The number of piperidine rings is 2. The third-order valence-electron chi connectivity index (χ3n) is 6.57. The van der Waals surface area contributed by atoms with Crippen molar-refractivity contribution < 1.29 is 9.53 Å². The molecule has 4 rings (SSSR count). The number of likely N-dealkylation sites (tertiary alicyclic amines) is 2. The molecule has 0 radical (unpaired) electrons. The molecule has 0 N–H and O–H groups in total. The van der Waals surface area contributed by atoms with Gasteiger partial charge in [-0.3, -0.25) is 4.68 Å². The highest BCUT2D eigenvalue weighted by Crippen LogP contribution is 2.36. The Hall–Kier alpha value is -2.08. The van der Waals surface area contributed by atoms with Gasteiger partial charge in [0.2, 0.25) is 0 Å². The van der Waals surface area contributed by atoms with E-state index in [0.29, 0.717) is 17.9 Å². The second kappa shape index (κ2) is 8.45. The van der Waals surface area contributed by atoms with E-state index in [1.807, 2.05) is 25.7 Å². The van der Waals surface area contributed by atoms with Gasteiger partial charge in [-0.15, -0.1) is 0 Å². The lowest BCUT2D eigenvalue weighted by atomic mass is 9.90. The highest BCUT2D eigenvalue weighted by Gasteiger charge is 2.34. The highest BCUT2D eigenvalue weighted by atomic mass is 16.6. The van der Waals surface area contributed by atoms with Crippen molar-refractivity contribution in [2.45, 2.75) is 71.6 Å². The zero-order chi connectivity index (χ0) is 22.3. The molecule has 0 bridgehead atoms. The maximum Gasteiger partial charge on any atom is 0.410 e. The Labute approximate surface area is 186 Å². The van der Waals surface area contributed by atoms with Gasteiger partial charge in [-0.05, 0) is 70.5 Å². The number of rotatable bonds is 2. The SMILES string of the molecule is C[C@H]1C[C@H](n2cc3ccc([C@H]4CC[C@H](C)CN4C(=O)OC(C)(C)C)cc3n2)CN(C)C1. The number of aromatic nitrogens is 2. The van der Waals surface area contributed by atoms with E-state index in [2.05, 4.69) is 54.9 Å². The van der Waals surface area contributed by atoms with Gasteiger partial charge in [0.05, 0.1) is 17.6 Å². The maximum absolute atomic E-state index is 13.0. The molecule has 2 aliphatic heterocycles. The summed E-state index contributed by atoms with van der Waals surface area (Å²) in [6.45, 7) is 13.2. The molecule has 6 nitrogen and oxygen atoms in total. The van der Waals surface area contributed by atoms with Gasteiger partial charge in [-0.1, -0.05) is 26.0 Å². The van der Waals surface area contributed by atoms with Crippen LogP contribution in [0.4, 0.5) is 4.79 Å². The molecule has 0 aliphatic carbocycles. The zero-order valence-electron chi connectivity index (χ0n) is 20.0. The minimum absolute atomic E-state index is 0.0430. The number of amides is 1. The van der Waals surface area contributed by atoms with Crippen molar-refractivity contribution >= 4 is 17.0 Å². The fourth-order valence-electron chi connectivity index (χ4n) is 5.24. The molecule has 1 amide bonds. The minimum Gasteiger partial charge on any atom is -0.444 e. The smallest absolute Gasteiger partial charge is 0.410 e. The van der Waals surface area contributed by atoms with Crippen LogP contribution < -0.4 is 0 Å². The third-order valence-corrected chi connectivity index (χ3v) is 6.57. The van der Waals surface area contributed by atoms with Crippen molar-refractivity contribution in [2.75, 3.05) is 26.7 Å². The summed E-state index contributed by atoms with van der Waals surface area (Å²) in [5, 5.41) is 6.12. The predicted molar refractivity (Wildman–Crippen MR) is 124 cm³/mol. The lowest BCUT2D eigenvalue weighted by Crippen LogP contribution is -2.44. The van der Waals surface area contributed by atoms with Crippen molar-refractivity contribution in [3.05, 3.63) is 30.0 Å². The first-order valence-corrected chi connectivity index (χ1v) is 11.8. The molecule has 2 aromatic rings. The lowest BCUT2D eigenvalue weighted by Gasteiger charge is -2.39. The van der Waals surface area contributed by atoms with E-state index in [0.717, 1.165) is 55.4 Å². The molecule has 1 aromatic heterocycles. The zero-order valence-corrected chi connectivity index (χ0v) is 20.0. The summed E-state index contributed by atoms with van der Waals surface area (Å²) in [6, 6.07) is 6.97. The third kappa shape index (κ3) is 5.05. The molecule has 1 aromatic carbocycles. The van der Waals surface area contributed by atoms with Crippen molar-refractivity contribution in [2.24, 2.45) is 11.8 Å². The molecule has 3 heterocycles. The Morgan fingerprint density at radius 1 is 1.10 bits per heavy atom. The second-order valence-electron chi connectivity index (χ2n) is 11.0. The van der Waals surface area contributed by atoms with E-state index in [9.17, 15) is 4.79 Å². The van der Waals surface area contributed by atoms with E-state index in [-0.39, 0.29) is 12.1 Å². The first-order chi connectivity index (χ1) is 14.6. The Morgan fingerprint density at radius 3 is 2.58 bits per heavy atom. The van der Waals surface area contributed by atoms with Crippen LogP contribution in [-0.4, -0.2) is 58.0 Å². The van der Waals surface area contributed by atoms with Crippen LogP contribution in [0, 0.1) is 11.8 Å². The monoisotopic (exact) mass is 426 g/mol. The van der Waals surface area contributed by atoms with Crippen LogP contribution in [0.25, 0.3) is 10.9 Å². The number of fused-ring (bicyclic) bond motifs is 1. The Kier molecular flexibility index (Phi) is 6.03. The molecule has 0 spiro atoms. The van der Waals surface area contributed by atoms with Crippen molar-refractivity contribution in [1.82, 2.24) is 19.6 Å². The molecule has 0 saturated carbocycles. The Balaban J connectivity index is 1.59. The van der Waals surface area contributed by atoms with Crippen molar-refractivity contribution in [3.63, 3.8) is 0 Å². The van der Waals surface area contributed by atoms with E-state index in [4.69, 9.17) is 9.84 Å². The van der Waals surface area contributed by atoms with Gasteiger partial charge in [-0.25, -0.2) is 4.79 Å². The first kappa shape index (κ1) is 22.1. The van der Waals surface area contributed by atoms with Gasteiger partial charge in [-0.2, -0.15) is 5.10 Å². The van der Waals surface area contributed by atoms with Crippen LogP contribution >= 0.6 is 0 Å².